The summed E-state index contributed by atoms with van der Waals surface area (Å²) < 4.78 is 5.87. The van der Waals surface area contributed by atoms with Gasteiger partial charge in [-0.1, -0.05) is 0 Å². The van der Waals surface area contributed by atoms with Crippen molar-refractivity contribution in [3.05, 3.63) is 20.3 Å². The number of aromatic amines is 1. The van der Waals surface area contributed by atoms with Crippen LogP contribution >= 0.6 is 22.6 Å². The van der Waals surface area contributed by atoms with Gasteiger partial charge in [0.05, 0.1) is 6.33 Å². The minimum absolute atomic E-state index is 0.0971. The largest absolute Gasteiger partial charge is 0.381 e. The number of hydrogen-bond acceptors (Lipinski definition) is 4. The number of aromatic nitrogens is 2. The first-order valence-electron chi connectivity index (χ1n) is 4.85. The van der Waals surface area contributed by atoms with E-state index in [1.165, 1.54) is 6.33 Å². The zero-order valence-corrected chi connectivity index (χ0v) is 10.3. The highest BCUT2D eigenvalue weighted by Gasteiger charge is 2.15. The molecule has 1 saturated heterocycles. The minimum atomic E-state index is -0.0971. The molecule has 0 bridgehead atoms. The van der Waals surface area contributed by atoms with Crippen LogP contribution in [-0.4, -0.2) is 29.2 Å². The molecule has 6 heteroatoms. The summed E-state index contributed by atoms with van der Waals surface area (Å²) in [7, 11) is 0. The minimum Gasteiger partial charge on any atom is -0.381 e. The van der Waals surface area contributed by atoms with Gasteiger partial charge in [0.25, 0.3) is 5.56 Å². The molecule has 2 heterocycles. The van der Waals surface area contributed by atoms with Crippen LogP contribution in [0.1, 0.15) is 12.8 Å². The van der Waals surface area contributed by atoms with Gasteiger partial charge in [0.15, 0.2) is 0 Å². The van der Waals surface area contributed by atoms with Gasteiger partial charge in [-0.3, -0.25) is 4.79 Å². The molecule has 0 atom stereocenters. The number of ether oxygens (including phenoxy) is 1. The van der Waals surface area contributed by atoms with E-state index in [0.717, 1.165) is 26.1 Å². The van der Waals surface area contributed by atoms with Gasteiger partial charge in [0, 0.05) is 19.3 Å². The summed E-state index contributed by atoms with van der Waals surface area (Å²) in [6.45, 7) is 1.55. The van der Waals surface area contributed by atoms with Crippen molar-refractivity contribution in [2.24, 2.45) is 0 Å². The molecule has 1 fully saturated rings. The Morgan fingerprint density at radius 1 is 1.53 bits per heavy atom. The molecule has 5 nitrogen and oxygen atoms in total. The first kappa shape index (κ1) is 10.9. The molecule has 82 valence electrons. The average molecular weight is 321 g/mol. The van der Waals surface area contributed by atoms with Crippen molar-refractivity contribution in [1.29, 1.82) is 0 Å². The maximum Gasteiger partial charge on any atom is 0.266 e. The molecule has 2 rings (SSSR count). The van der Waals surface area contributed by atoms with E-state index in [9.17, 15) is 4.79 Å². The van der Waals surface area contributed by atoms with Gasteiger partial charge in [-0.25, -0.2) is 4.98 Å². The van der Waals surface area contributed by atoms with Gasteiger partial charge in [-0.2, -0.15) is 0 Å². The number of hydrogen-bond donors (Lipinski definition) is 2. The van der Waals surface area contributed by atoms with E-state index in [4.69, 9.17) is 4.74 Å². The van der Waals surface area contributed by atoms with Crippen LogP contribution in [0, 0.1) is 3.57 Å². The molecule has 0 radical (unpaired) electrons. The molecule has 0 spiro atoms. The molecule has 0 aliphatic carbocycles. The van der Waals surface area contributed by atoms with Gasteiger partial charge in [-0.05, 0) is 35.4 Å². The molecule has 0 unspecified atom stereocenters. The fourth-order valence-electron chi connectivity index (χ4n) is 1.52. The van der Waals surface area contributed by atoms with Gasteiger partial charge in [0.1, 0.15) is 9.39 Å². The van der Waals surface area contributed by atoms with E-state index in [0.29, 0.717) is 15.4 Å². The third-order valence-electron chi connectivity index (χ3n) is 2.36. The summed E-state index contributed by atoms with van der Waals surface area (Å²) in [6.07, 6.45) is 3.35. The molecule has 1 aliphatic heterocycles. The van der Waals surface area contributed by atoms with Gasteiger partial charge in [0.2, 0.25) is 0 Å². The first-order chi connectivity index (χ1) is 7.27. The maximum atomic E-state index is 11.3. The molecule has 0 aromatic carbocycles. The Hall–Kier alpha value is -0.630. The van der Waals surface area contributed by atoms with E-state index < -0.39 is 0 Å². The Balaban J connectivity index is 2.09. The predicted octanol–water partition coefficient (Wildman–Crippen LogP) is 0.965. The van der Waals surface area contributed by atoms with Crippen molar-refractivity contribution in [1.82, 2.24) is 9.97 Å². The molecule has 1 aliphatic rings. The number of nitrogens with zero attached hydrogens (tertiary/aromatic N) is 1. The number of rotatable bonds is 2. The Morgan fingerprint density at radius 3 is 3.00 bits per heavy atom. The Labute approximate surface area is 101 Å². The molecule has 0 amide bonds. The molecular weight excluding hydrogens is 309 g/mol. The lowest BCUT2D eigenvalue weighted by atomic mass is 10.1. The van der Waals surface area contributed by atoms with E-state index >= 15 is 0 Å². The van der Waals surface area contributed by atoms with Crippen molar-refractivity contribution in [3.8, 4) is 0 Å². The quantitative estimate of drug-likeness (QED) is 0.797. The molecule has 15 heavy (non-hydrogen) atoms. The third-order valence-corrected chi connectivity index (χ3v) is 3.36. The van der Waals surface area contributed by atoms with Crippen LogP contribution in [0.4, 0.5) is 5.82 Å². The highest BCUT2D eigenvalue weighted by molar-refractivity contribution is 14.1. The summed E-state index contributed by atoms with van der Waals surface area (Å²) in [5.74, 6) is 0.672. The summed E-state index contributed by atoms with van der Waals surface area (Å²) in [4.78, 5) is 18.0. The average Bonchev–Trinajstić information content (AvgIpc) is 2.26. The summed E-state index contributed by atoms with van der Waals surface area (Å²) in [6, 6.07) is 0.363. The highest BCUT2D eigenvalue weighted by Crippen LogP contribution is 2.15. The molecule has 1 aromatic rings. The van der Waals surface area contributed by atoms with Crippen molar-refractivity contribution in [2.75, 3.05) is 18.5 Å². The number of anilines is 1. The standard InChI is InChI=1S/C9H12IN3O2/c10-7-8(11-5-12-9(7)14)13-6-1-3-15-4-2-6/h5-6H,1-4H2,(H2,11,12,13,14). The van der Waals surface area contributed by atoms with Gasteiger partial charge in [-0.15, -0.1) is 0 Å². The van der Waals surface area contributed by atoms with Crippen molar-refractivity contribution in [2.45, 2.75) is 18.9 Å². The van der Waals surface area contributed by atoms with Crippen molar-refractivity contribution >= 4 is 28.4 Å². The van der Waals surface area contributed by atoms with Crippen LogP contribution in [0.25, 0.3) is 0 Å². The van der Waals surface area contributed by atoms with E-state index in [-0.39, 0.29) is 5.56 Å². The van der Waals surface area contributed by atoms with Crippen LogP contribution in [0.3, 0.4) is 0 Å². The van der Waals surface area contributed by atoms with E-state index in [1.807, 2.05) is 22.6 Å². The molecule has 1 aromatic heterocycles. The number of nitrogens with one attached hydrogen (secondary N) is 2. The predicted molar refractivity (Wildman–Crippen MR) is 65.0 cm³/mol. The van der Waals surface area contributed by atoms with Crippen LogP contribution in [-0.2, 0) is 4.74 Å². The van der Waals surface area contributed by atoms with Gasteiger partial charge < -0.3 is 15.0 Å². The zero-order valence-electron chi connectivity index (χ0n) is 8.12. The van der Waals surface area contributed by atoms with E-state index in [2.05, 4.69) is 15.3 Å². The maximum absolute atomic E-state index is 11.3. The highest BCUT2D eigenvalue weighted by atomic mass is 127. The van der Waals surface area contributed by atoms with Crippen LogP contribution in [0.2, 0.25) is 0 Å². The zero-order chi connectivity index (χ0) is 10.7. The lowest BCUT2D eigenvalue weighted by Gasteiger charge is -2.23. The summed E-state index contributed by atoms with van der Waals surface area (Å²) in [5.41, 5.74) is -0.0971. The van der Waals surface area contributed by atoms with Crippen molar-refractivity contribution in [3.63, 3.8) is 0 Å². The van der Waals surface area contributed by atoms with Gasteiger partial charge >= 0.3 is 0 Å². The SMILES string of the molecule is O=c1[nH]cnc(NC2CCOCC2)c1I. The molecule has 0 saturated carbocycles. The number of halogens is 1. The lowest BCUT2D eigenvalue weighted by Crippen LogP contribution is -2.29. The first-order valence-corrected chi connectivity index (χ1v) is 5.92. The van der Waals surface area contributed by atoms with E-state index in [1.54, 1.807) is 0 Å². The Bertz CT molecular complexity index is 387. The smallest absolute Gasteiger partial charge is 0.266 e. The fourth-order valence-corrected chi connectivity index (χ4v) is 1.97. The second-order valence-corrected chi connectivity index (χ2v) is 4.50. The third kappa shape index (κ3) is 2.69. The Morgan fingerprint density at radius 2 is 2.27 bits per heavy atom. The van der Waals surface area contributed by atoms with Crippen LogP contribution in [0.5, 0.6) is 0 Å². The second kappa shape index (κ2) is 4.93. The fraction of sp³-hybridized carbons (Fsp3) is 0.556. The number of H-pyrrole nitrogens is 1. The summed E-state index contributed by atoms with van der Waals surface area (Å²) >= 11 is 2.00. The lowest BCUT2D eigenvalue weighted by molar-refractivity contribution is 0.0903. The second-order valence-electron chi connectivity index (χ2n) is 3.43. The normalized spacial score (nSPS) is 17.7. The molecule has 2 N–H and O–H groups in total. The van der Waals surface area contributed by atoms with Crippen LogP contribution < -0.4 is 10.9 Å². The topological polar surface area (TPSA) is 67.0 Å². The monoisotopic (exact) mass is 321 g/mol. The Kier molecular flexibility index (Phi) is 3.57. The summed E-state index contributed by atoms with van der Waals surface area (Å²) in [5, 5.41) is 3.27. The van der Waals surface area contributed by atoms with Crippen molar-refractivity contribution < 1.29 is 4.74 Å². The van der Waals surface area contributed by atoms with Crippen LogP contribution in [0.15, 0.2) is 11.1 Å². The molecular formula is C9H12IN3O2.